The fraction of sp³-hybridized carbons (Fsp3) is 0.444. The number of nitrogens with zero attached hydrogens (tertiary/aromatic N) is 2. The molecule has 0 spiro atoms. The van der Waals surface area contributed by atoms with Gasteiger partial charge < -0.3 is 15.2 Å². The Hall–Kier alpha value is -1.63. The van der Waals surface area contributed by atoms with E-state index in [0.717, 1.165) is 37.2 Å². The van der Waals surface area contributed by atoms with E-state index in [9.17, 15) is 9.18 Å². The lowest BCUT2D eigenvalue weighted by Gasteiger charge is -2.26. The lowest BCUT2D eigenvalue weighted by Crippen LogP contribution is -2.52. The Bertz CT molecular complexity index is 745. The number of aromatic nitrogens is 2. The number of hydrogen-bond acceptors (Lipinski definition) is 3. The summed E-state index contributed by atoms with van der Waals surface area (Å²) >= 11 is 0. The van der Waals surface area contributed by atoms with E-state index in [1.54, 1.807) is 23.0 Å². The molecule has 0 aliphatic carbocycles. The van der Waals surface area contributed by atoms with E-state index in [0.29, 0.717) is 12.2 Å². The van der Waals surface area contributed by atoms with Crippen LogP contribution in [0.3, 0.4) is 0 Å². The Morgan fingerprint density at radius 2 is 2.19 bits per heavy atom. The molecule has 1 amide bonds. The maximum absolute atomic E-state index is 14.4. The zero-order valence-corrected chi connectivity index (χ0v) is 16.6. The molecule has 1 aromatic heterocycles. The Kier molecular flexibility index (Phi) is 8.06. The Morgan fingerprint density at radius 3 is 2.73 bits per heavy atom. The molecule has 2 heterocycles. The van der Waals surface area contributed by atoms with Gasteiger partial charge in [0.2, 0.25) is 5.91 Å². The summed E-state index contributed by atoms with van der Waals surface area (Å²) in [4.78, 5) is 16.6. The van der Waals surface area contributed by atoms with E-state index in [1.165, 1.54) is 6.07 Å². The fourth-order valence-electron chi connectivity index (χ4n) is 3.30. The van der Waals surface area contributed by atoms with Crippen LogP contribution >= 0.6 is 24.8 Å². The van der Waals surface area contributed by atoms with E-state index in [2.05, 4.69) is 15.6 Å². The summed E-state index contributed by atoms with van der Waals surface area (Å²) in [6.45, 7) is 5.03. The van der Waals surface area contributed by atoms with Crippen molar-refractivity contribution in [3.8, 4) is 5.69 Å². The highest BCUT2D eigenvalue weighted by Gasteiger charge is 2.38. The number of carbonyl (C=O) groups is 1. The minimum Gasteiger partial charge on any atom is -0.350 e. The highest BCUT2D eigenvalue weighted by molar-refractivity contribution is 5.86. The molecule has 144 valence electrons. The molecule has 1 atom stereocenters. The Morgan fingerprint density at radius 1 is 1.42 bits per heavy atom. The van der Waals surface area contributed by atoms with Gasteiger partial charge in [-0.2, -0.15) is 0 Å². The second-order valence-electron chi connectivity index (χ2n) is 6.28. The topological polar surface area (TPSA) is 59.0 Å². The largest absolute Gasteiger partial charge is 0.350 e. The molecule has 1 aromatic carbocycles. The van der Waals surface area contributed by atoms with Gasteiger partial charge in [0.05, 0.1) is 11.2 Å². The molecule has 0 radical (unpaired) electrons. The molecule has 1 unspecified atom stereocenters. The molecular formula is C18H25Cl2FN4O. The van der Waals surface area contributed by atoms with Crippen LogP contribution in [0.4, 0.5) is 4.39 Å². The zero-order chi connectivity index (χ0) is 17.2. The van der Waals surface area contributed by atoms with Gasteiger partial charge in [0, 0.05) is 18.9 Å². The third kappa shape index (κ3) is 4.37. The van der Waals surface area contributed by atoms with Crippen molar-refractivity contribution in [3.63, 3.8) is 0 Å². The molecule has 0 saturated carbocycles. The number of amides is 1. The summed E-state index contributed by atoms with van der Waals surface area (Å²) in [6, 6.07) is 5.02. The standard InChI is InChI=1S/C18H23FN4O.2ClH/c1-3-18(7-4-8-22-18)17(24)21-12-14-5-6-16(15(19)11-14)23-10-9-20-13(23)2;;/h5-6,9-11,22H,3-4,7-8,12H2,1-2H3,(H,21,24);2*1H. The van der Waals surface area contributed by atoms with Crippen molar-refractivity contribution in [1.29, 1.82) is 0 Å². The van der Waals surface area contributed by atoms with E-state index in [-0.39, 0.29) is 36.5 Å². The predicted octanol–water partition coefficient (Wildman–Crippen LogP) is 3.31. The Balaban J connectivity index is 0.00000169. The average Bonchev–Trinajstić information content (AvgIpc) is 3.22. The van der Waals surface area contributed by atoms with Gasteiger partial charge in [-0.15, -0.1) is 24.8 Å². The number of nitrogens with one attached hydrogen (secondary N) is 2. The minimum atomic E-state index is -0.466. The SMILES string of the molecule is CCC1(C(=O)NCc2ccc(-n3ccnc3C)c(F)c2)CCCN1.Cl.Cl. The molecule has 26 heavy (non-hydrogen) atoms. The van der Waals surface area contributed by atoms with Crippen molar-refractivity contribution in [3.05, 3.63) is 47.8 Å². The maximum Gasteiger partial charge on any atom is 0.240 e. The molecule has 0 bridgehead atoms. The fourth-order valence-corrected chi connectivity index (χ4v) is 3.30. The smallest absolute Gasteiger partial charge is 0.240 e. The summed E-state index contributed by atoms with van der Waals surface area (Å²) in [6.07, 6.45) is 5.98. The highest BCUT2D eigenvalue weighted by atomic mass is 35.5. The molecule has 3 rings (SSSR count). The molecule has 2 N–H and O–H groups in total. The van der Waals surface area contributed by atoms with Crippen molar-refractivity contribution in [2.75, 3.05) is 6.54 Å². The van der Waals surface area contributed by atoms with Gasteiger partial charge in [-0.3, -0.25) is 4.79 Å². The average molecular weight is 403 g/mol. The summed E-state index contributed by atoms with van der Waals surface area (Å²) in [5.74, 6) is 0.400. The lowest BCUT2D eigenvalue weighted by atomic mass is 9.93. The first kappa shape index (κ1) is 22.4. The molecule has 1 aliphatic rings. The number of halogens is 3. The van der Waals surface area contributed by atoms with Crippen molar-refractivity contribution in [2.45, 2.75) is 45.2 Å². The number of carbonyl (C=O) groups excluding carboxylic acids is 1. The second kappa shape index (κ2) is 9.35. The molecule has 5 nitrogen and oxygen atoms in total. The van der Waals surface area contributed by atoms with Crippen molar-refractivity contribution < 1.29 is 9.18 Å². The van der Waals surface area contributed by atoms with Crippen LogP contribution in [0.15, 0.2) is 30.6 Å². The van der Waals surface area contributed by atoms with Gasteiger partial charge >= 0.3 is 0 Å². The van der Waals surface area contributed by atoms with Gasteiger partial charge in [0.1, 0.15) is 11.6 Å². The summed E-state index contributed by atoms with van der Waals surface area (Å²) in [7, 11) is 0. The maximum atomic E-state index is 14.4. The van der Waals surface area contributed by atoms with Gasteiger partial charge in [-0.05, 0) is 50.4 Å². The Labute approximate surface area is 165 Å². The number of hydrogen-bond donors (Lipinski definition) is 2. The number of benzene rings is 1. The van der Waals surface area contributed by atoms with Crippen LogP contribution in [0.5, 0.6) is 0 Å². The van der Waals surface area contributed by atoms with Crippen LogP contribution in [0.25, 0.3) is 5.69 Å². The zero-order valence-electron chi connectivity index (χ0n) is 14.9. The highest BCUT2D eigenvalue weighted by Crippen LogP contribution is 2.23. The van der Waals surface area contributed by atoms with Crippen LogP contribution in [0, 0.1) is 12.7 Å². The van der Waals surface area contributed by atoms with Gasteiger partial charge in [0.15, 0.2) is 0 Å². The number of rotatable bonds is 5. The first-order valence-corrected chi connectivity index (χ1v) is 8.38. The summed E-state index contributed by atoms with van der Waals surface area (Å²) in [5, 5.41) is 6.24. The van der Waals surface area contributed by atoms with Crippen molar-refractivity contribution in [2.24, 2.45) is 0 Å². The van der Waals surface area contributed by atoms with Crippen LogP contribution in [-0.4, -0.2) is 27.5 Å². The van der Waals surface area contributed by atoms with E-state index in [1.807, 2.05) is 19.9 Å². The van der Waals surface area contributed by atoms with E-state index >= 15 is 0 Å². The molecule has 2 aromatic rings. The third-order valence-electron chi connectivity index (χ3n) is 4.83. The van der Waals surface area contributed by atoms with Crippen LogP contribution in [0.2, 0.25) is 0 Å². The van der Waals surface area contributed by atoms with Crippen LogP contribution in [0.1, 0.15) is 37.6 Å². The lowest BCUT2D eigenvalue weighted by molar-refractivity contribution is -0.127. The van der Waals surface area contributed by atoms with Crippen LogP contribution in [-0.2, 0) is 11.3 Å². The summed E-state index contributed by atoms with van der Waals surface area (Å²) in [5.41, 5.74) is 0.737. The van der Waals surface area contributed by atoms with Crippen molar-refractivity contribution in [1.82, 2.24) is 20.2 Å². The molecule has 1 saturated heterocycles. The van der Waals surface area contributed by atoms with Gasteiger partial charge in [0.25, 0.3) is 0 Å². The molecule has 1 aliphatic heterocycles. The third-order valence-corrected chi connectivity index (χ3v) is 4.83. The number of imidazole rings is 1. The number of aryl methyl sites for hydroxylation is 1. The predicted molar refractivity (Wildman–Crippen MR) is 105 cm³/mol. The quantitative estimate of drug-likeness (QED) is 0.806. The molecule has 1 fully saturated rings. The van der Waals surface area contributed by atoms with Gasteiger partial charge in [-0.25, -0.2) is 9.37 Å². The summed E-state index contributed by atoms with van der Waals surface area (Å²) < 4.78 is 16.1. The first-order valence-electron chi connectivity index (χ1n) is 8.38. The van der Waals surface area contributed by atoms with E-state index in [4.69, 9.17) is 0 Å². The molecule has 8 heteroatoms. The second-order valence-corrected chi connectivity index (χ2v) is 6.28. The first-order chi connectivity index (χ1) is 11.6. The molecular weight excluding hydrogens is 378 g/mol. The van der Waals surface area contributed by atoms with Crippen molar-refractivity contribution >= 4 is 30.7 Å². The normalized spacial score (nSPS) is 18.7. The van der Waals surface area contributed by atoms with Crippen LogP contribution < -0.4 is 10.6 Å². The van der Waals surface area contributed by atoms with E-state index < -0.39 is 5.54 Å². The minimum absolute atomic E-state index is 0. The monoisotopic (exact) mass is 402 g/mol. The van der Waals surface area contributed by atoms with Gasteiger partial charge in [-0.1, -0.05) is 13.0 Å².